The molecule has 3 nitrogen and oxygen atoms in total. The molecule has 0 saturated carbocycles. The van der Waals surface area contributed by atoms with Gasteiger partial charge in [-0.15, -0.1) is 0 Å². The highest BCUT2D eigenvalue weighted by Gasteiger charge is 2.40. The number of fused-ring (bicyclic) bond motifs is 1. The molecule has 1 aliphatic carbocycles. The van der Waals surface area contributed by atoms with E-state index in [-0.39, 0.29) is 17.8 Å². The second-order valence-electron chi connectivity index (χ2n) is 6.40. The SMILES string of the molecule is CNCCC1=CN(C)C2=CC=C(F)C(OC(C)c3ccccc3)C12. The summed E-state index contributed by atoms with van der Waals surface area (Å²) in [5.74, 6) is -0.239. The van der Waals surface area contributed by atoms with Crippen LogP contribution in [0.15, 0.2) is 65.8 Å². The van der Waals surface area contributed by atoms with Gasteiger partial charge in [-0.3, -0.25) is 0 Å². The van der Waals surface area contributed by atoms with Crippen LogP contribution in [0.25, 0.3) is 0 Å². The van der Waals surface area contributed by atoms with Crippen LogP contribution in [0.5, 0.6) is 0 Å². The number of rotatable bonds is 6. The normalized spacial score (nSPS) is 24.2. The number of nitrogens with one attached hydrogen (secondary N) is 1. The van der Waals surface area contributed by atoms with Crippen molar-refractivity contribution in [3.63, 3.8) is 0 Å². The Bertz CT molecular complexity index is 665. The van der Waals surface area contributed by atoms with E-state index in [0.717, 1.165) is 24.2 Å². The Balaban J connectivity index is 1.82. The first-order valence-electron chi connectivity index (χ1n) is 8.47. The zero-order chi connectivity index (χ0) is 17.1. The molecule has 128 valence electrons. The van der Waals surface area contributed by atoms with E-state index >= 15 is 0 Å². The van der Waals surface area contributed by atoms with Crippen molar-refractivity contribution in [1.29, 1.82) is 0 Å². The van der Waals surface area contributed by atoms with Gasteiger partial charge in [-0.2, -0.15) is 0 Å². The predicted octanol–water partition coefficient (Wildman–Crippen LogP) is 3.94. The number of allylic oxidation sites excluding steroid dienone is 2. The molecule has 24 heavy (non-hydrogen) atoms. The molecule has 0 saturated heterocycles. The van der Waals surface area contributed by atoms with Crippen LogP contribution < -0.4 is 5.32 Å². The molecule has 3 atom stereocenters. The lowest BCUT2D eigenvalue weighted by atomic mass is 9.86. The van der Waals surface area contributed by atoms with E-state index in [9.17, 15) is 4.39 Å². The summed E-state index contributed by atoms with van der Waals surface area (Å²) in [4.78, 5) is 2.09. The molecular weight excluding hydrogens is 303 g/mol. The third-order valence-corrected chi connectivity index (χ3v) is 4.76. The molecule has 1 aromatic rings. The van der Waals surface area contributed by atoms with Gasteiger partial charge in [-0.05, 0) is 50.2 Å². The van der Waals surface area contributed by atoms with Crippen molar-refractivity contribution in [2.45, 2.75) is 25.6 Å². The highest BCUT2D eigenvalue weighted by atomic mass is 19.1. The monoisotopic (exact) mass is 328 g/mol. The van der Waals surface area contributed by atoms with E-state index in [1.165, 1.54) is 5.57 Å². The van der Waals surface area contributed by atoms with Crippen LogP contribution in [0.1, 0.15) is 25.0 Å². The predicted molar refractivity (Wildman–Crippen MR) is 94.9 cm³/mol. The Labute approximate surface area is 143 Å². The van der Waals surface area contributed by atoms with Gasteiger partial charge in [-0.1, -0.05) is 30.3 Å². The fraction of sp³-hybridized carbons (Fsp3) is 0.400. The van der Waals surface area contributed by atoms with Crippen LogP contribution in [-0.4, -0.2) is 31.6 Å². The number of hydrogen-bond donors (Lipinski definition) is 1. The summed E-state index contributed by atoms with van der Waals surface area (Å²) in [5.41, 5.74) is 3.38. The van der Waals surface area contributed by atoms with Gasteiger partial charge >= 0.3 is 0 Å². The minimum atomic E-state index is -0.562. The van der Waals surface area contributed by atoms with Gasteiger partial charge in [0.25, 0.3) is 0 Å². The summed E-state index contributed by atoms with van der Waals surface area (Å²) in [5, 5.41) is 3.17. The molecule has 0 amide bonds. The molecule has 0 spiro atoms. The van der Waals surface area contributed by atoms with E-state index in [1.807, 2.05) is 57.4 Å². The first-order chi connectivity index (χ1) is 11.6. The third-order valence-electron chi connectivity index (χ3n) is 4.76. The smallest absolute Gasteiger partial charge is 0.130 e. The fourth-order valence-corrected chi connectivity index (χ4v) is 3.46. The Morgan fingerprint density at radius 3 is 2.71 bits per heavy atom. The number of benzene rings is 1. The molecule has 0 fully saturated rings. The van der Waals surface area contributed by atoms with Crippen LogP contribution in [0.4, 0.5) is 4.39 Å². The molecule has 1 aliphatic heterocycles. The lowest BCUT2D eigenvalue weighted by Crippen LogP contribution is -2.32. The molecule has 0 bridgehead atoms. The van der Waals surface area contributed by atoms with Crippen molar-refractivity contribution in [3.8, 4) is 0 Å². The summed E-state index contributed by atoms with van der Waals surface area (Å²) in [6, 6.07) is 9.97. The molecule has 1 aromatic carbocycles. The second kappa shape index (κ2) is 7.32. The van der Waals surface area contributed by atoms with Crippen molar-refractivity contribution >= 4 is 0 Å². The van der Waals surface area contributed by atoms with Crippen LogP contribution in [0.2, 0.25) is 0 Å². The third kappa shape index (κ3) is 3.30. The molecule has 0 aromatic heterocycles. The summed E-state index contributed by atoms with van der Waals surface area (Å²) in [6.07, 6.45) is 5.69. The molecule has 3 rings (SSSR count). The molecule has 3 unspecified atom stereocenters. The maximum atomic E-state index is 14.6. The maximum absolute atomic E-state index is 14.6. The van der Waals surface area contributed by atoms with Crippen molar-refractivity contribution in [2.24, 2.45) is 5.92 Å². The van der Waals surface area contributed by atoms with Crippen LogP contribution in [0.3, 0.4) is 0 Å². The Hall–Kier alpha value is -1.91. The Morgan fingerprint density at radius 2 is 2.00 bits per heavy atom. The maximum Gasteiger partial charge on any atom is 0.130 e. The van der Waals surface area contributed by atoms with Gasteiger partial charge in [0.15, 0.2) is 0 Å². The van der Waals surface area contributed by atoms with Crippen molar-refractivity contribution < 1.29 is 9.13 Å². The Morgan fingerprint density at radius 1 is 1.25 bits per heavy atom. The highest BCUT2D eigenvalue weighted by molar-refractivity contribution is 5.39. The van der Waals surface area contributed by atoms with Gasteiger partial charge in [0.05, 0.1) is 12.0 Å². The van der Waals surface area contributed by atoms with Gasteiger partial charge in [0.2, 0.25) is 0 Å². The minimum absolute atomic E-state index is 0.0421. The highest BCUT2D eigenvalue weighted by Crippen LogP contribution is 2.43. The zero-order valence-electron chi connectivity index (χ0n) is 14.5. The van der Waals surface area contributed by atoms with Gasteiger partial charge in [-0.25, -0.2) is 4.39 Å². The molecule has 0 radical (unpaired) electrons. The summed E-state index contributed by atoms with van der Waals surface area (Å²) >= 11 is 0. The van der Waals surface area contributed by atoms with E-state index in [0.29, 0.717) is 0 Å². The van der Waals surface area contributed by atoms with Crippen LogP contribution in [-0.2, 0) is 4.74 Å². The Kier molecular flexibility index (Phi) is 5.17. The molecule has 1 heterocycles. The molecular formula is C20H25FN2O. The number of halogens is 1. The fourth-order valence-electron chi connectivity index (χ4n) is 3.46. The van der Waals surface area contributed by atoms with Crippen LogP contribution >= 0.6 is 0 Å². The number of ether oxygens (including phenoxy) is 1. The van der Waals surface area contributed by atoms with Crippen molar-refractivity contribution in [3.05, 3.63) is 71.3 Å². The lowest BCUT2D eigenvalue weighted by molar-refractivity contribution is -0.0138. The number of hydrogen-bond acceptors (Lipinski definition) is 3. The molecule has 2 aliphatic rings. The average molecular weight is 328 g/mol. The topological polar surface area (TPSA) is 24.5 Å². The minimum Gasteiger partial charge on any atom is -0.362 e. The average Bonchev–Trinajstić information content (AvgIpc) is 2.92. The quantitative estimate of drug-likeness (QED) is 0.856. The largest absolute Gasteiger partial charge is 0.362 e. The van der Waals surface area contributed by atoms with Gasteiger partial charge in [0, 0.05) is 18.9 Å². The summed E-state index contributed by atoms with van der Waals surface area (Å²) in [6.45, 7) is 2.85. The molecule has 1 N–H and O–H groups in total. The van der Waals surface area contributed by atoms with E-state index in [4.69, 9.17) is 4.74 Å². The van der Waals surface area contributed by atoms with Gasteiger partial charge in [0.1, 0.15) is 11.9 Å². The number of nitrogens with zero attached hydrogens (tertiary/aromatic N) is 1. The first kappa shape index (κ1) is 16.9. The van der Waals surface area contributed by atoms with E-state index in [2.05, 4.69) is 16.4 Å². The van der Waals surface area contributed by atoms with Gasteiger partial charge < -0.3 is 15.0 Å². The standard InChI is InChI=1S/C20H25FN2O/c1-14(15-7-5-4-6-8-15)24-20-17(21)9-10-18-19(20)16(11-12-22-2)13-23(18)3/h4-10,13-14,19-20,22H,11-12H2,1-3H3. The molecule has 4 heteroatoms. The first-order valence-corrected chi connectivity index (χ1v) is 8.47. The zero-order valence-corrected chi connectivity index (χ0v) is 14.5. The second-order valence-corrected chi connectivity index (χ2v) is 6.40. The van der Waals surface area contributed by atoms with Crippen LogP contribution in [0, 0.1) is 5.92 Å². The van der Waals surface area contributed by atoms with Crippen molar-refractivity contribution in [2.75, 3.05) is 20.6 Å². The van der Waals surface area contributed by atoms with Crippen molar-refractivity contribution in [1.82, 2.24) is 10.2 Å². The summed E-state index contributed by atoms with van der Waals surface area (Å²) in [7, 11) is 3.95. The lowest BCUT2D eigenvalue weighted by Gasteiger charge is -2.32. The summed E-state index contributed by atoms with van der Waals surface area (Å²) < 4.78 is 20.8. The van der Waals surface area contributed by atoms with E-state index < -0.39 is 6.10 Å². The van der Waals surface area contributed by atoms with E-state index in [1.54, 1.807) is 6.08 Å².